The Morgan fingerprint density at radius 3 is 3.06 bits per heavy atom. The van der Waals surface area contributed by atoms with Gasteiger partial charge in [-0.15, -0.1) is 5.10 Å². The lowest BCUT2D eigenvalue weighted by atomic mass is 10.2. The molecule has 0 saturated heterocycles. The first kappa shape index (κ1) is 11.3. The van der Waals surface area contributed by atoms with E-state index < -0.39 is 0 Å². The van der Waals surface area contributed by atoms with Crippen LogP contribution in [0.4, 0.5) is 5.95 Å². The minimum atomic E-state index is -0.367. The third kappa shape index (κ3) is 2.70. The molecule has 0 fully saturated rings. The second-order valence-electron chi connectivity index (χ2n) is 2.99. The summed E-state index contributed by atoms with van der Waals surface area (Å²) in [5.41, 5.74) is 0.375. The van der Waals surface area contributed by atoms with Crippen LogP contribution in [-0.2, 0) is 0 Å². The number of rotatable bonds is 3. The Kier molecular flexibility index (Phi) is 3.20. The molecule has 7 nitrogen and oxygen atoms in total. The summed E-state index contributed by atoms with van der Waals surface area (Å²) in [7, 11) is 1.43. The van der Waals surface area contributed by atoms with E-state index in [1.807, 2.05) is 0 Å². The molecule has 2 heterocycles. The van der Waals surface area contributed by atoms with Gasteiger partial charge in [0.15, 0.2) is 0 Å². The summed E-state index contributed by atoms with van der Waals surface area (Å²) >= 11 is 5.67. The van der Waals surface area contributed by atoms with Crippen LogP contribution in [0.25, 0.3) is 0 Å². The summed E-state index contributed by atoms with van der Waals surface area (Å²) < 4.78 is 4.77. The second kappa shape index (κ2) is 4.79. The Hall–Kier alpha value is -2.15. The van der Waals surface area contributed by atoms with Crippen molar-refractivity contribution in [2.24, 2.45) is 0 Å². The number of pyridine rings is 1. The Bertz CT molecular complexity index is 542. The van der Waals surface area contributed by atoms with Gasteiger partial charge in [-0.2, -0.15) is 4.98 Å². The van der Waals surface area contributed by atoms with Crippen LogP contribution in [0.2, 0.25) is 5.15 Å². The van der Waals surface area contributed by atoms with E-state index in [2.05, 4.69) is 25.5 Å². The van der Waals surface area contributed by atoms with E-state index in [9.17, 15) is 4.79 Å². The van der Waals surface area contributed by atoms with Gasteiger partial charge in [0, 0.05) is 11.8 Å². The van der Waals surface area contributed by atoms with Gasteiger partial charge in [-0.25, -0.2) is 10.1 Å². The number of ether oxygens (including phenoxy) is 1. The van der Waals surface area contributed by atoms with Gasteiger partial charge in [0.05, 0.1) is 7.11 Å². The highest BCUT2D eigenvalue weighted by atomic mass is 35.5. The number of H-pyrrole nitrogens is 1. The third-order valence-electron chi connectivity index (χ3n) is 1.87. The van der Waals surface area contributed by atoms with E-state index in [1.165, 1.54) is 25.4 Å². The Labute approximate surface area is 101 Å². The number of hydrogen-bond acceptors (Lipinski definition) is 5. The van der Waals surface area contributed by atoms with Crippen molar-refractivity contribution < 1.29 is 9.53 Å². The molecule has 2 N–H and O–H groups in total. The number of hydrogen-bond donors (Lipinski definition) is 2. The van der Waals surface area contributed by atoms with Gasteiger partial charge in [-0.05, 0) is 12.1 Å². The maximum atomic E-state index is 11.7. The second-order valence-corrected chi connectivity index (χ2v) is 3.38. The molecule has 0 aliphatic rings. The highest BCUT2D eigenvalue weighted by Gasteiger charge is 2.10. The molecule has 2 aromatic heterocycles. The van der Waals surface area contributed by atoms with Crippen molar-refractivity contribution in [3.8, 4) is 6.01 Å². The molecule has 2 aromatic rings. The van der Waals surface area contributed by atoms with E-state index >= 15 is 0 Å². The SMILES string of the molecule is COc1n[nH]c(NC(=O)c2ccnc(Cl)c2)n1. The highest BCUT2D eigenvalue weighted by molar-refractivity contribution is 6.29. The molecule has 0 atom stereocenters. The fraction of sp³-hybridized carbons (Fsp3) is 0.111. The monoisotopic (exact) mass is 253 g/mol. The molecule has 17 heavy (non-hydrogen) atoms. The maximum Gasteiger partial charge on any atom is 0.336 e. The lowest BCUT2D eigenvalue weighted by molar-refractivity contribution is 0.102. The normalized spacial score (nSPS) is 10.0. The first-order chi connectivity index (χ1) is 8.19. The molecule has 8 heteroatoms. The number of amides is 1. The van der Waals surface area contributed by atoms with Crippen LogP contribution in [0.3, 0.4) is 0 Å². The molecular formula is C9H8ClN5O2. The number of halogens is 1. The molecule has 1 amide bonds. The predicted molar refractivity (Wildman–Crippen MR) is 60.1 cm³/mol. The molecule has 0 aromatic carbocycles. The topological polar surface area (TPSA) is 92.8 Å². The molecule has 0 saturated carbocycles. The minimum Gasteiger partial charge on any atom is -0.466 e. The van der Waals surface area contributed by atoms with Gasteiger partial charge in [-0.3, -0.25) is 10.1 Å². The fourth-order valence-electron chi connectivity index (χ4n) is 1.12. The van der Waals surface area contributed by atoms with Crippen molar-refractivity contribution in [2.75, 3.05) is 12.4 Å². The highest BCUT2D eigenvalue weighted by Crippen LogP contribution is 2.10. The first-order valence-electron chi connectivity index (χ1n) is 4.58. The molecule has 0 spiro atoms. The van der Waals surface area contributed by atoms with Gasteiger partial charge in [-0.1, -0.05) is 11.6 Å². The average molecular weight is 254 g/mol. The summed E-state index contributed by atoms with van der Waals surface area (Å²) in [5, 5.41) is 8.94. The van der Waals surface area contributed by atoms with E-state index in [-0.39, 0.29) is 23.0 Å². The molecular weight excluding hydrogens is 246 g/mol. The van der Waals surface area contributed by atoms with Crippen molar-refractivity contribution >= 4 is 23.5 Å². The van der Waals surface area contributed by atoms with Crippen molar-refractivity contribution in [1.29, 1.82) is 0 Å². The van der Waals surface area contributed by atoms with Crippen LogP contribution in [-0.4, -0.2) is 33.2 Å². The zero-order valence-corrected chi connectivity index (χ0v) is 9.52. The summed E-state index contributed by atoms with van der Waals surface area (Å²) in [4.78, 5) is 19.4. The summed E-state index contributed by atoms with van der Waals surface area (Å²) in [6, 6.07) is 3.13. The number of carbonyl (C=O) groups is 1. The van der Waals surface area contributed by atoms with Gasteiger partial charge in [0.25, 0.3) is 5.91 Å². The van der Waals surface area contributed by atoms with Gasteiger partial charge < -0.3 is 4.74 Å². The van der Waals surface area contributed by atoms with Crippen molar-refractivity contribution in [3.63, 3.8) is 0 Å². The van der Waals surface area contributed by atoms with E-state index in [1.54, 1.807) is 0 Å². The van der Waals surface area contributed by atoms with Crippen molar-refractivity contribution in [1.82, 2.24) is 20.2 Å². The number of carbonyl (C=O) groups excluding carboxylic acids is 1. The van der Waals surface area contributed by atoms with Crippen LogP contribution < -0.4 is 10.1 Å². The molecule has 88 valence electrons. The average Bonchev–Trinajstić information content (AvgIpc) is 2.77. The van der Waals surface area contributed by atoms with Gasteiger partial charge in [0.1, 0.15) is 5.15 Å². The molecule has 2 rings (SSSR count). The Balaban J connectivity index is 2.11. The number of aromatic amines is 1. The predicted octanol–water partition coefficient (Wildman–Crippen LogP) is 1.11. The number of aromatic nitrogens is 4. The van der Waals surface area contributed by atoms with E-state index in [4.69, 9.17) is 16.3 Å². The zero-order chi connectivity index (χ0) is 12.3. The van der Waals surface area contributed by atoms with E-state index in [0.29, 0.717) is 5.56 Å². The number of nitrogens with zero attached hydrogens (tertiary/aromatic N) is 3. The third-order valence-corrected chi connectivity index (χ3v) is 2.07. The van der Waals surface area contributed by atoms with E-state index in [0.717, 1.165) is 0 Å². The molecule has 0 aliphatic heterocycles. The van der Waals surface area contributed by atoms with Crippen molar-refractivity contribution in [3.05, 3.63) is 29.0 Å². The first-order valence-corrected chi connectivity index (χ1v) is 4.96. The lowest BCUT2D eigenvalue weighted by Crippen LogP contribution is -2.13. The van der Waals surface area contributed by atoms with Crippen LogP contribution in [0.1, 0.15) is 10.4 Å². The largest absolute Gasteiger partial charge is 0.466 e. The summed E-state index contributed by atoms with van der Waals surface area (Å²) in [6.45, 7) is 0. The molecule has 0 radical (unpaired) electrons. The van der Waals surface area contributed by atoms with Gasteiger partial charge >= 0.3 is 6.01 Å². The van der Waals surface area contributed by atoms with Crippen LogP contribution in [0.15, 0.2) is 18.3 Å². The number of methoxy groups -OCH3 is 1. The zero-order valence-electron chi connectivity index (χ0n) is 8.77. The number of anilines is 1. The Morgan fingerprint density at radius 1 is 1.59 bits per heavy atom. The summed E-state index contributed by atoms with van der Waals surface area (Å²) in [5.74, 6) is -0.173. The molecule has 0 aliphatic carbocycles. The van der Waals surface area contributed by atoms with Crippen LogP contribution in [0, 0.1) is 0 Å². The molecule has 0 bridgehead atoms. The summed E-state index contributed by atoms with van der Waals surface area (Å²) in [6.07, 6.45) is 1.44. The fourth-order valence-corrected chi connectivity index (χ4v) is 1.29. The molecule has 0 unspecified atom stereocenters. The smallest absolute Gasteiger partial charge is 0.336 e. The number of nitrogens with one attached hydrogen (secondary N) is 2. The van der Waals surface area contributed by atoms with Crippen LogP contribution in [0.5, 0.6) is 6.01 Å². The maximum absolute atomic E-state index is 11.7. The van der Waals surface area contributed by atoms with Crippen molar-refractivity contribution in [2.45, 2.75) is 0 Å². The standard InChI is InChI=1S/C9H8ClN5O2/c1-17-9-13-8(14-15-9)12-7(16)5-2-3-11-6(10)4-5/h2-4H,1H3,(H2,12,13,14,15,16). The lowest BCUT2D eigenvalue weighted by Gasteiger charge is -2.00. The quantitative estimate of drug-likeness (QED) is 0.800. The van der Waals surface area contributed by atoms with Gasteiger partial charge in [0.2, 0.25) is 5.95 Å². The van der Waals surface area contributed by atoms with Crippen LogP contribution >= 0.6 is 11.6 Å². The Morgan fingerprint density at radius 2 is 2.41 bits per heavy atom. The minimum absolute atomic E-state index is 0.146.